The van der Waals surface area contributed by atoms with Crippen molar-refractivity contribution in [3.63, 3.8) is 0 Å². The van der Waals surface area contributed by atoms with Crippen LogP contribution in [0.5, 0.6) is 0 Å². The zero-order valence-electron chi connectivity index (χ0n) is 14.1. The number of carbonyl (C=O) groups excluding carboxylic acids is 1. The number of nitrogens with zero attached hydrogens (tertiary/aromatic N) is 1. The predicted molar refractivity (Wildman–Crippen MR) is 84.3 cm³/mol. The van der Waals surface area contributed by atoms with Gasteiger partial charge in [0, 0.05) is 13.1 Å². The van der Waals surface area contributed by atoms with Crippen molar-refractivity contribution in [2.24, 2.45) is 5.92 Å². The number of likely N-dealkylation sites (tertiary alicyclic amines) is 1. The molecule has 0 aromatic rings. The number of hydrogen-bond donors (Lipinski definition) is 0. The second kappa shape index (κ2) is 9.48. The average Bonchev–Trinajstić information content (AvgIpc) is 3.06. The summed E-state index contributed by atoms with van der Waals surface area (Å²) in [5.74, 6) is 0.0147. The van der Waals surface area contributed by atoms with Crippen LogP contribution >= 0.6 is 0 Å². The van der Waals surface area contributed by atoms with Crippen LogP contribution in [0.3, 0.4) is 0 Å². The summed E-state index contributed by atoms with van der Waals surface area (Å²) in [5, 5.41) is 0. The zero-order chi connectivity index (χ0) is 15.8. The quantitative estimate of drug-likeness (QED) is 0.509. The van der Waals surface area contributed by atoms with Gasteiger partial charge in [0.2, 0.25) is 6.41 Å². The van der Waals surface area contributed by atoms with Crippen LogP contribution in [0.1, 0.15) is 58.8 Å². The molecule has 2 rings (SSSR count). The van der Waals surface area contributed by atoms with E-state index in [-0.39, 0.29) is 24.4 Å². The highest BCUT2D eigenvalue weighted by Gasteiger charge is 2.31. The Bertz CT molecular complexity index is 323. The van der Waals surface area contributed by atoms with Crippen molar-refractivity contribution in [3.05, 3.63) is 0 Å². The third-order valence-electron chi connectivity index (χ3n) is 4.51. The summed E-state index contributed by atoms with van der Waals surface area (Å²) in [6, 6.07) is 0. The number of ether oxygens (including phenoxy) is 3. The minimum atomic E-state index is -0.202. The van der Waals surface area contributed by atoms with E-state index >= 15 is 0 Å². The van der Waals surface area contributed by atoms with Gasteiger partial charge in [0.15, 0.2) is 0 Å². The maximum atomic E-state index is 11.8. The average molecular weight is 313 g/mol. The Hall–Kier alpha value is -0.650. The number of esters is 1. The van der Waals surface area contributed by atoms with Crippen LogP contribution in [-0.4, -0.2) is 49.7 Å². The van der Waals surface area contributed by atoms with Gasteiger partial charge in [0.05, 0.1) is 25.2 Å². The molecule has 0 N–H and O–H groups in total. The summed E-state index contributed by atoms with van der Waals surface area (Å²) in [5.41, 5.74) is 0. The lowest BCUT2D eigenvalue weighted by Gasteiger charge is -2.34. The van der Waals surface area contributed by atoms with Crippen molar-refractivity contribution in [1.82, 2.24) is 4.90 Å². The van der Waals surface area contributed by atoms with Gasteiger partial charge in [-0.25, -0.2) is 0 Å². The first-order chi connectivity index (χ1) is 10.7. The van der Waals surface area contributed by atoms with Crippen molar-refractivity contribution in [3.8, 4) is 0 Å². The topological polar surface area (TPSA) is 48.0 Å². The minimum absolute atomic E-state index is 0.0423. The summed E-state index contributed by atoms with van der Waals surface area (Å²) in [4.78, 5) is 14.1. The van der Waals surface area contributed by atoms with E-state index in [0.29, 0.717) is 6.61 Å². The molecule has 1 saturated heterocycles. The molecule has 0 spiro atoms. The lowest BCUT2D eigenvalue weighted by molar-refractivity contribution is -0.245. The van der Waals surface area contributed by atoms with Gasteiger partial charge < -0.3 is 14.2 Å². The first-order valence-corrected chi connectivity index (χ1v) is 8.92. The Morgan fingerprint density at radius 3 is 2.41 bits per heavy atom. The largest absolute Gasteiger partial charge is 0.466 e. The van der Waals surface area contributed by atoms with E-state index in [1.54, 1.807) is 0 Å². The first-order valence-electron chi connectivity index (χ1n) is 8.92. The van der Waals surface area contributed by atoms with Gasteiger partial charge in [-0.2, -0.15) is 0 Å². The number of carbonyl (C=O) groups is 1. The van der Waals surface area contributed by atoms with E-state index < -0.39 is 0 Å². The highest BCUT2D eigenvalue weighted by atomic mass is 16.7. The minimum Gasteiger partial charge on any atom is -0.466 e. The van der Waals surface area contributed by atoms with Gasteiger partial charge in [-0.3, -0.25) is 9.69 Å². The standard InChI is InChI=1S/C17H31NO4/c1-3-13-21-17(18-11-5-6-12-18)22-15-9-7-14(8-10-15)16(19)20-4-2/h14-15,17H,3-13H2,1-2H3. The van der Waals surface area contributed by atoms with Crippen LogP contribution < -0.4 is 0 Å². The Labute approximate surface area is 134 Å². The van der Waals surface area contributed by atoms with Gasteiger partial charge >= 0.3 is 5.97 Å². The monoisotopic (exact) mass is 313 g/mol. The molecular weight excluding hydrogens is 282 g/mol. The fraction of sp³-hybridized carbons (Fsp3) is 0.941. The fourth-order valence-electron chi connectivity index (χ4n) is 3.26. The van der Waals surface area contributed by atoms with E-state index in [1.165, 1.54) is 12.8 Å². The molecule has 5 heteroatoms. The number of hydrogen-bond acceptors (Lipinski definition) is 5. The SMILES string of the molecule is CCCOC(OC1CCC(C(=O)OCC)CC1)N1CCCC1. The maximum absolute atomic E-state index is 11.8. The molecule has 2 aliphatic rings. The fourth-order valence-corrected chi connectivity index (χ4v) is 3.26. The molecule has 0 radical (unpaired) electrons. The van der Waals surface area contributed by atoms with Crippen molar-refractivity contribution >= 4 is 5.97 Å². The van der Waals surface area contributed by atoms with E-state index in [2.05, 4.69) is 11.8 Å². The van der Waals surface area contributed by atoms with E-state index in [4.69, 9.17) is 14.2 Å². The van der Waals surface area contributed by atoms with Crippen LogP contribution in [0.25, 0.3) is 0 Å². The molecule has 0 amide bonds. The third kappa shape index (κ3) is 5.21. The second-order valence-electron chi connectivity index (χ2n) is 6.28. The van der Waals surface area contributed by atoms with E-state index in [0.717, 1.165) is 51.8 Å². The molecule has 1 heterocycles. The van der Waals surface area contributed by atoms with Gasteiger partial charge in [0.25, 0.3) is 0 Å². The zero-order valence-corrected chi connectivity index (χ0v) is 14.1. The van der Waals surface area contributed by atoms with Crippen LogP contribution in [0.4, 0.5) is 0 Å². The van der Waals surface area contributed by atoms with E-state index in [1.807, 2.05) is 6.92 Å². The van der Waals surface area contributed by atoms with Crippen molar-refractivity contribution in [2.75, 3.05) is 26.3 Å². The Morgan fingerprint density at radius 1 is 1.14 bits per heavy atom. The summed E-state index contributed by atoms with van der Waals surface area (Å²) >= 11 is 0. The first kappa shape index (κ1) is 17.7. The molecule has 0 aromatic carbocycles. The molecule has 0 aromatic heterocycles. The van der Waals surface area contributed by atoms with Crippen molar-refractivity contribution in [1.29, 1.82) is 0 Å². The molecule has 1 saturated carbocycles. The van der Waals surface area contributed by atoms with Crippen LogP contribution in [0.2, 0.25) is 0 Å². The normalized spacial score (nSPS) is 27.7. The summed E-state index contributed by atoms with van der Waals surface area (Å²) < 4.78 is 17.2. The molecule has 0 bridgehead atoms. The molecule has 5 nitrogen and oxygen atoms in total. The summed E-state index contributed by atoms with van der Waals surface area (Å²) in [7, 11) is 0. The van der Waals surface area contributed by atoms with Crippen LogP contribution in [-0.2, 0) is 19.0 Å². The third-order valence-corrected chi connectivity index (χ3v) is 4.51. The van der Waals surface area contributed by atoms with Crippen LogP contribution in [0.15, 0.2) is 0 Å². The van der Waals surface area contributed by atoms with Gasteiger partial charge in [-0.05, 0) is 51.9 Å². The highest BCUT2D eigenvalue weighted by Crippen LogP contribution is 2.29. The highest BCUT2D eigenvalue weighted by molar-refractivity contribution is 5.72. The molecule has 1 unspecified atom stereocenters. The molecular formula is C17H31NO4. The molecule has 1 aliphatic heterocycles. The number of rotatable bonds is 8. The van der Waals surface area contributed by atoms with Gasteiger partial charge in [0.1, 0.15) is 0 Å². The smallest absolute Gasteiger partial charge is 0.308 e. The van der Waals surface area contributed by atoms with Gasteiger partial charge in [-0.1, -0.05) is 6.92 Å². The summed E-state index contributed by atoms with van der Waals surface area (Å²) in [6.07, 6.45) is 7.03. The Balaban J connectivity index is 1.77. The van der Waals surface area contributed by atoms with Gasteiger partial charge in [-0.15, -0.1) is 0 Å². The molecule has 22 heavy (non-hydrogen) atoms. The Kier molecular flexibility index (Phi) is 7.63. The predicted octanol–water partition coefficient (Wildman–Crippen LogP) is 2.93. The van der Waals surface area contributed by atoms with Crippen molar-refractivity contribution < 1.29 is 19.0 Å². The van der Waals surface area contributed by atoms with Crippen LogP contribution in [0, 0.1) is 5.92 Å². The maximum Gasteiger partial charge on any atom is 0.308 e. The van der Waals surface area contributed by atoms with Crippen molar-refractivity contribution in [2.45, 2.75) is 71.3 Å². The van der Waals surface area contributed by atoms with E-state index in [9.17, 15) is 4.79 Å². The lowest BCUT2D eigenvalue weighted by Crippen LogP contribution is -2.41. The molecule has 2 fully saturated rings. The molecule has 128 valence electrons. The molecule has 1 aliphatic carbocycles. The Morgan fingerprint density at radius 2 is 1.82 bits per heavy atom. The summed E-state index contributed by atoms with van der Waals surface area (Å²) in [6.45, 7) is 7.31. The molecule has 1 atom stereocenters. The lowest BCUT2D eigenvalue weighted by atomic mass is 9.87. The second-order valence-corrected chi connectivity index (χ2v) is 6.28.